The second-order valence-electron chi connectivity index (χ2n) is 4.52. The number of hydrogen-bond acceptors (Lipinski definition) is 3. The maximum Gasteiger partial charge on any atom is 0.336 e. The number of carboxylic acids is 1. The molecule has 0 saturated carbocycles. The van der Waals surface area contributed by atoms with Crippen LogP contribution in [0.4, 0.5) is 10.5 Å². The Bertz CT molecular complexity index is 638. The molecule has 110 valence electrons. The van der Waals surface area contributed by atoms with Crippen LogP contribution in [0.1, 0.15) is 15.9 Å². The first-order valence-electron chi connectivity index (χ1n) is 6.41. The number of carboxylic acid groups (broad SMARTS) is 1. The summed E-state index contributed by atoms with van der Waals surface area (Å²) in [6, 6.07) is 4.38. The first-order valence-corrected chi connectivity index (χ1v) is 6.41. The zero-order chi connectivity index (χ0) is 15.2. The second-order valence-corrected chi connectivity index (χ2v) is 4.52. The van der Waals surface area contributed by atoms with Crippen LogP contribution >= 0.6 is 0 Å². The Labute approximate surface area is 121 Å². The number of urea groups is 1. The van der Waals surface area contributed by atoms with Gasteiger partial charge in [-0.15, -0.1) is 0 Å². The zero-order valence-electron chi connectivity index (χ0n) is 11.5. The number of nitrogens with zero attached hydrogens (tertiary/aromatic N) is 2. The van der Waals surface area contributed by atoms with Crippen molar-refractivity contribution in [3.63, 3.8) is 0 Å². The van der Waals surface area contributed by atoms with E-state index in [1.807, 2.05) is 4.57 Å². The van der Waals surface area contributed by atoms with Crippen molar-refractivity contribution < 1.29 is 14.7 Å². The lowest BCUT2D eigenvalue weighted by Gasteiger charge is -2.09. The van der Waals surface area contributed by atoms with E-state index in [2.05, 4.69) is 15.6 Å². The minimum Gasteiger partial charge on any atom is -0.478 e. The molecule has 1 aromatic carbocycles. The molecule has 2 aromatic rings. The molecule has 3 N–H and O–H groups in total. The molecule has 2 amide bonds. The third-order valence-electron chi connectivity index (χ3n) is 2.94. The smallest absolute Gasteiger partial charge is 0.336 e. The molecule has 0 spiro atoms. The molecule has 0 unspecified atom stereocenters. The number of amides is 2. The molecular weight excluding hydrogens is 272 g/mol. The number of hydrogen-bond donors (Lipinski definition) is 3. The van der Waals surface area contributed by atoms with E-state index < -0.39 is 5.97 Å². The van der Waals surface area contributed by atoms with E-state index in [4.69, 9.17) is 5.11 Å². The summed E-state index contributed by atoms with van der Waals surface area (Å²) in [5.74, 6) is -1.02. The van der Waals surface area contributed by atoms with E-state index in [0.29, 0.717) is 24.3 Å². The first kappa shape index (κ1) is 14.6. The average Bonchev–Trinajstić information content (AvgIpc) is 2.94. The maximum absolute atomic E-state index is 11.7. The number of carbonyl (C=O) groups is 2. The van der Waals surface area contributed by atoms with E-state index in [9.17, 15) is 9.59 Å². The molecule has 2 rings (SSSR count). The second kappa shape index (κ2) is 6.56. The predicted octanol–water partition coefficient (Wildman–Crippen LogP) is 1.71. The number of aromatic nitrogens is 2. The normalized spacial score (nSPS) is 10.1. The highest BCUT2D eigenvalue weighted by Gasteiger charge is 2.09. The fourth-order valence-corrected chi connectivity index (χ4v) is 1.82. The summed E-state index contributed by atoms with van der Waals surface area (Å²) >= 11 is 0. The van der Waals surface area contributed by atoms with Gasteiger partial charge in [0.05, 0.1) is 11.9 Å². The topological polar surface area (TPSA) is 96.3 Å². The van der Waals surface area contributed by atoms with Crippen LogP contribution < -0.4 is 10.6 Å². The predicted molar refractivity (Wildman–Crippen MR) is 77.4 cm³/mol. The lowest BCUT2D eigenvalue weighted by Crippen LogP contribution is -2.31. The van der Waals surface area contributed by atoms with Crippen LogP contribution in [-0.2, 0) is 6.54 Å². The molecule has 0 aliphatic rings. The molecule has 1 aromatic heterocycles. The summed E-state index contributed by atoms with van der Waals surface area (Å²) < 4.78 is 1.84. The summed E-state index contributed by atoms with van der Waals surface area (Å²) in [5.41, 5.74) is 1.26. The highest BCUT2D eigenvalue weighted by atomic mass is 16.4. The number of anilines is 1. The first-order chi connectivity index (χ1) is 10.1. The number of benzene rings is 1. The van der Waals surface area contributed by atoms with E-state index in [1.54, 1.807) is 37.8 Å². The molecule has 0 aliphatic heterocycles. The molecule has 0 saturated heterocycles. The molecular formula is C14H16N4O3. The lowest BCUT2D eigenvalue weighted by molar-refractivity contribution is 0.0696. The molecule has 21 heavy (non-hydrogen) atoms. The van der Waals surface area contributed by atoms with Gasteiger partial charge in [-0.1, -0.05) is 6.07 Å². The summed E-state index contributed by atoms with van der Waals surface area (Å²) in [4.78, 5) is 26.6. The van der Waals surface area contributed by atoms with Crippen LogP contribution in [0.25, 0.3) is 0 Å². The fraction of sp³-hybridized carbons (Fsp3) is 0.214. The number of aryl methyl sites for hydroxylation is 1. The summed E-state index contributed by atoms with van der Waals surface area (Å²) in [7, 11) is 0. The van der Waals surface area contributed by atoms with Gasteiger partial charge in [-0.25, -0.2) is 14.6 Å². The lowest BCUT2D eigenvalue weighted by atomic mass is 10.1. The molecule has 0 radical (unpaired) electrons. The van der Waals surface area contributed by atoms with Crippen LogP contribution in [0.2, 0.25) is 0 Å². The standard InChI is InChI=1S/C14H16N4O3/c1-10-2-3-11(8-12(10)13(19)20)17-14(21)16-5-7-18-6-4-15-9-18/h2-4,6,8-9H,5,7H2,1H3,(H,19,20)(H2,16,17,21). The Hall–Kier alpha value is -2.83. The van der Waals surface area contributed by atoms with Gasteiger partial charge in [-0.2, -0.15) is 0 Å². The Morgan fingerprint density at radius 3 is 2.86 bits per heavy atom. The number of imidazole rings is 1. The van der Waals surface area contributed by atoms with E-state index >= 15 is 0 Å². The van der Waals surface area contributed by atoms with E-state index in [-0.39, 0.29) is 11.6 Å². The van der Waals surface area contributed by atoms with Gasteiger partial charge in [0.1, 0.15) is 0 Å². The van der Waals surface area contributed by atoms with Gasteiger partial charge in [0.15, 0.2) is 0 Å². The van der Waals surface area contributed by atoms with Crippen molar-refractivity contribution in [1.82, 2.24) is 14.9 Å². The third kappa shape index (κ3) is 4.07. The monoisotopic (exact) mass is 288 g/mol. The van der Waals surface area contributed by atoms with Crippen molar-refractivity contribution in [3.8, 4) is 0 Å². The summed E-state index contributed by atoms with van der Waals surface area (Å²) in [5, 5.41) is 14.3. The molecule has 0 bridgehead atoms. The number of aromatic carboxylic acids is 1. The quantitative estimate of drug-likeness (QED) is 0.780. The Morgan fingerprint density at radius 1 is 1.38 bits per heavy atom. The molecule has 1 heterocycles. The van der Waals surface area contributed by atoms with Crippen molar-refractivity contribution in [1.29, 1.82) is 0 Å². The molecule has 0 aliphatic carbocycles. The van der Waals surface area contributed by atoms with Crippen molar-refractivity contribution in [2.24, 2.45) is 0 Å². The van der Waals surface area contributed by atoms with Crippen molar-refractivity contribution in [3.05, 3.63) is 48.0 Å². The molecule has 7 nitrogen and oxygen atoms in total. The highest BCUT2D eigenvalue weighted by molar-refractivity contribution is 5.94. The third-order valence-corrected chi connectivity index (χ3v) is 2.94. The van der Waals surface area contributed by atoms with Crippen LogP contribution in [0, 0.1) is 6.92 Å². The van der Waals surface area contributed by atoms with Gasteiger partial charge in [0, 0.05) is 31.2 Å². The van der Waals surface area contributed by atoms with Crippen molar-refractivity contribution in [2.75, 3.05) is 11.9 Å². The van der Waals surface area contributed by atoms with Crippen molar-refractivity contribution >= 4 is 17.7 Å². The van der Waals surface area contributed by atoms with Crippen LogP contribution in [-0.4, -0.2) is 33.2 Å². The number of carbonyl (C=O) groups excluding carboxylic acids is 1. The Balaban J connectivity index is 1.87. The van der Waals surface area contributed by atoms with Gasteiger partial charge in [-0.05, 0) is 24.6 Å². The number of rotatable bonds is 5. The van der Waals surface area contributed by atoms with Crippen LogP contribution in [0.15, 0.2) is 36.9 Å². The maximum atomic E-state index is 11.7. The van der Waals surface area contributed by atoms with Gasteiger partial charge in [-0.3, -0.25) is 0 Å². The minimum atomic E-state index is -1.02. The minimum absolute atomic E-state index is 0.172. The molecule has 0 fully saturated rings. The summed E-state index contributed by atoms with van der Waals surface area (Å²) in [6.07, 6.45) is 5.14. The van der Waals surface area contributed by atoms with Gasteiger partial charge in [0.25, 0.3) is 0 Å². The molecule has 0 atom stereocenters. The summed E-state index contributed by atoms with van der Waals surface area (Å²) in [6.45, 7) is 2.76. The van der Waals surface area contributed by atoms with Gasteiger partial charge < -0.3 is 20.3 Å². The SMILES string of the molecule is Cc1ccc(NC(=O)NCCn2ccnc2)cc1C(=O)O. The van der Waals surface area contributed by atoms with Crippen molar-refractivity contribution in [2.45, 2.75) is 13.5 Å². The largest absolute Gasteiger partial charge is 0.478 e. The van der Waals surface area contributed by atoms with E-state index in [0.717, 1.165) is 0 Å². The van der Waals surface area contributed by atoms with Gasteiger partial charge in [0.2, 0.25) is 0 Å². The van der Waals surface area contributed by atoms with E-state index in [1.165, 1.54) is 6.07 Å². The van der Waals surface area contributed by atoms with Crippen LogP contribution in [0.5, 0.6) is 0 Å². The number of nitrogens with one attached hydrogen (secondary N) is 2. The Morgan fingerprint density at radius 2 is 2.19 bits per heavy atom. The average molecular weight is 288 g/mol. The molecule has 7 heteroatoms. The van der Waals surface area contributed by atoms with Crippen LogP contribution in [0.3, 0.4) is 0 Å². The fourth-order valence-electron chi connectivity index (χ4n) is 1.82. The highest BCUT2D eigenvalue weighted by Crippen LogP contribution is 2.15. The zero-order valence-corrected chi connectivity index (χ0v) is 11.5. The Kier molecular flexibility index (Phi) is 4.55. The van der Waals surface area contributed by atoms with Gasteiger partial charge >= 0.3 is 12.0 Å².